The van der Waals surface area contributed by atoms with Gasteiger partial charge in [-0.1, -0.05) is 0 Å². The van der Waals surface area contributed by atoms with E-state index in [0.717, 1.165) is 43.9 Å². The maximum atomic E-state index is 12.4. The maximum absolute atomic E-state index is 12.4. The quantitative estimate of drug-likeness (QED) is 0.818. The van der Waals surface area contributed by atoms with Crippen molar-refractivity contribution in [2.75, 3.05) is 24.6 Å². The zero-order chi connectivity index (χ0) is 12.3. The highest BCUT2D eigenvalue weighted by atomic mass is 32.2. The molecule has 0 aromatic carbocycles. The van der Waals surface area contributed by atoms with Crippen molar-refractivity contribution in [1.29, 1.82) is 0 Å². The fourth-order valence-electron chi connectivity index (χ4n) is 2.84. The first-order valence-electron chi connectivity index (χ1n) is 6.80. The van der Waals surface area contributed by atoms with Crippen molar-refractivity contribution in [3.8, 4) is 0 Å². The van der Waals surface area contributed by atoms with Crippen LogP contribution in [-0.4, -0.2) is 41.4 Å². The van der Waals surface area contributed by atoms with E-state index in [0.29, 0.717) is 17.7 Å². The molecule has 0 bridgehead atoms. The number of hydrogen-bond donors (Lipinski definition) is 1. The molecule has 2 heterocycles. The van der Waals surface area contributed by atoms with Gasteiger partial charge in [-0.15, -0.1) is 0 Å². The summed E-state index contributed by atoms with van der Waals surface area (Å²) in [6, 6.07) is 0.215. The molecular formula is C13H24N2OS. The SMILES string of the molecule is CC(N)C1CCCN(C(=O)C2CCSCC2)C1. The molecule has 98 valence electrons. The van der Waals surface area contributed by atoms with Gasteiger partial charge in [0.15, 0.2) is 0 Å². The van der Waals surface area contributed by atoms with E-state index in [-0.39, 0.29) is 6.04 Å². The monoisotopic (exact) mass is 256 g/mol. The number of nitrogens with two attached hydrogens (primary N) is 1. The Labute approximate surface area is 108 Å². The molecule has 2 aliphatic heterocycles. The number of rotatable bonds is 2. The van der Waals surface area contributed by atoms with Crippen molar-refractivity contribution in [2.45, 2.75) is 38.6 Å². The van der Waals surface area contributed by atoms with Gasteiger partial charge in [-0.3, -0.25) is 4.79 Å². The van der Waals surface area contributed by atoms with Crippen LogP contribution in [0.1, 0.15) is 32.6 Å². The second-order valence-electron chi connectivity index (χ2n) is 5.43. The smallest absolute Gasteiger partial charge is 0.225 e. The highest BCUT2D eigenvalue weighted by molar-refractivity contribution is 7.99. The molecule has 4 heteroatoms. The van der Waals surface area contributed by atoms with E-state index in [1.54, 1.807) is 0 Å². The summed E-state index contributed by atoms with van der Waals surface area (Å²) in [5.41, 5.74) is 5.97. The summed E-state index contributed by atoms with van der Waals surface area (Å²) in [6.07, 6.45) is 4.45. The fraction of sp³-hybridized carbons (Fsp3) is 0.923. The largest absolute Gasteiger partial charge is 0.342 e. The second kappa shape index (κ2) is 6.10. The van der Waals surface area contributed by atoms with Crippen LogP contribution in [0.3, 0.4) is 0 Å². The number of hydrogen-bond acceptors (Lipinski definition) is 3. The van der Waals surface area contributed by atoms with Crippen molar-refractivity contribution in [3.63, 3.8) is 0 Å². The van der Waals surface area contributed by atoms with Gasteiger partial charge in [-0.2, -0.15) is 11.8 Å². The van der Waals surface area contributed by atoms with Gasteiger partial charge in [-0.05, 0) is 50.0 Å². The van der Waals surface area contributed by atoms with Crippen molar-refractivity contribution >= 4 is 17.7 Å². The average Bonchev–Trinajstić information content (AvgIpc) is 2.39. The zero-order valence-corrected chi connectivity index (χ0v) is 11.5. The van der Waals surface area contributed by atoms with Gasteiger partial charge < -0.3 is 10.6 Å². The lowest BCUT2D eigenvalue weighted by molar-refractivity contribution is -0.137. The predicted molar refractivity (Wildman–Crippen MR) is 73.0 cm³/mol. The highest BCUT2D eigenvalue weighted by Gasteiger charge is 2.30. The van der Waals surface area contributed by atoms with Crippen LogP contribution in [0.25, 0.3) is 0 Å². The summed E-state index contributed by atoms with van der Waals surface area (Å²) in [5, 5.41) is 0. The van der Waals surface area contributed by atoms with Gasteiger partial charge in [-0.25, -0.2) is 0 Å². The summed E-state index contributed by atoms with van der Waals surface area (Å²) in [4.78, 5) is 14.5. The number of carbonyl (C=O) groups is 1. The van der Waals surface area contributed by atoms with E-state index in [2.05, 4.69) is 11.8 Å². The molecule has 0 aromatic heterocycles. The Morgan fingerprint density at radius 3 is 2.71 bits per heavy atom. The Balaban J connectivity index is 1.89. The third kappa shape index (κ3) is 3.38. The lowest BCUT2D eigenvalue weighted by Crippen LogP contribution is -2.47. The summed E-state index contributed by atoms with van der Waals surface area (Å²) < 4.78 is 0. The first-order valence-corrected chi connectivity index (χ1v) is 7.96. The molecular weight excluding hydrogens is 232 g/mol. The standard InChI is InChI=1S/C13H24N2OS/c1-10(14)12-3-2-6-15(9-12)13(16)11-4-7-17-8-5-11/h10-12H,2-9,14H2,1H3. The molecule has 1 amide bonds. The van der Waals surface area contributed by atoms with Crippen LogP contribution in [0.2, 0.25) is 0 Å². The first kappa shape index (κ1) is 13.2. The Morgan fingerprint density at radius 2 is 2.06 bits per heavy atom. The van der Waals surface area contributed by atoms with Crippen LogP contribution in [0, 0.1) is 11.8 Å². The molecule has 17 heavy (non-hydrogen) atoms. The molecule has 2 aliphatic rings. The number of nitrogens with zero attached hydrogens (tertiary/aromatic N) is 1. The topological polar surface area (TPSA) is 46.3 Å². The van der Waals surface area contributed by atoms with Crippen molar-refractivity contribution in [1.82, 2.24) is 4.90 Å². The molecule has 0 aliphatic carbocycles. The number of amides is 1. The van der Waals surface area contributed by atoms with Gasteiger partial charge >= 0.3 is 0 Å². The highest BCUT2D eigenvalue weighted by Crippen LogP contribution is 2.27. The van der Waals surface area contributed by atoms with Gasteiger partial charge in [0.2, 0.25) is 5.91 Å². The fourth-order valence-corrected chi connectivity index (χ4v) is 3.95. The van der Waals surface area contributed by atoms with Crippen LogP contribution < -0.4 is 5.73 Å². The average molecular weight is 256 g/mol. The van der Waals surface area contributed by atoms with Crippen molar-refractivity contribution in [3.05, 3.63) is 0 Å². The van der Waals surface area contributed by atoms with E-state index >= 15 is 0 Å². The number of piperidine rings is 1. The molecule has 0 radical (unpaired) electrons. The van der Waals surface area contributed by atoms with Crippen molar-refractivity contribution in [2.24, 2.45) is 17.6 Å². The van der Waals surface area contributed by atoms with Gasteiger partial charge in [0.05, 0.1) is 0 Å². The molecule has 2 fully saturated rings. The number of carbonyl (C=O) groups excluding carboxylic acids is 1. The van der Waals surface area contributed by atoms with E-state index in [1.165, 1.54) is 6.42 Å². The van der Waals surface area contributed by atoms with Crippen LogP contribution >= 0.6 is 11.8 Å². The molecule has 2 N–H and O–H groups in total. The van der Waals surface area contributed by atoms with E-state index in [9.17, 15) is 4.79 Å². The lowest BCUT2D eigenvalue weighted by atomic mass is 9.90. The summed E-state index contributed by atoms with van der Waals surface area (Å²) >= 11 is 1.98. The van der Waals surface area contributed by atoms with Gasteiger partial charge in [0.25, 0.3) is 0 Å². The van der Waals surface area contributed by atoms with Crippen molar-refractivity contribution < 1.29 is 4.79 Å². The third-order valence-electron chi connectivity index (χ3n) is 4.08. The number of thioether (sulfide) groups is 1. The molecule has 0 aromatic rings. The van der Waals surface area contributed by atoms with E-state index in [4.69, 9.17) is 5.73 Å². The Morgan fingerprint density at radius 1 is 1.35 bits per heavy atom. The lowest BCUT2D eigenvalue weighted by Gasteiger charge is -2.37. The van der Waals surface area contributed by atoms with E-state index in [1.807, 2.05) is 11.8 Å². The first-order chi connectivity index (χ1) is 8.18. The molecule has 0 saturated carbocycles. The zero-order valence-electron chi connectivity index (χ0n) is 10.7. The molecule has 2 unspecified atom stereocenters. The van der Waals surface area contributed by atoms with Crippen LogP contribution in [0.5, 0.6) is 0 Å². The Bertz CT molecular complexity index is 264. The van der Waals surface area contributed by atoms with E-state index < -0.39 is 0 Å². The molecule has 2 rings (SSSR count). The Hall–Kier alpha value is -0.220. The second-order valence-corrected chi connectivity index (χ2v) is 6.66. The molecule has 2 saturated heterocycles. The normalized spacial score (nSPS) is 29.1. The minimum Gasteiger partial charge on any atom is -0.342 e. The molecule has 0 spiro atoms. The predicted octanol–water partition coefficient (Wildman–Crippen LogP) is 1.72. The maximum Gasteiger partial charge on any atom is 0.225 e. The molecule has 2 atom stereocenters. The van der Waals surface area contributed by atoms with Gasteiger partial charge in [0.1, 0.15) is 0 Å². The van der Waals surface area contributed by atoms with Gasteiger partial charge in [0, 0.05) is 25.0 Å². The Kier molecular flexibility index (Phi) is 4.74. The summed E-state index contributed by atoms with van der Waals surface area (Å²) in [6.45, 7) is 3.90. The van der Waals surface area contributed by atoms with Crippen LogP contribution in [0.4, 0.5) is 0 Å². The minimum atomic E-state index is 0.215. The third-order valence-corrected chi connectivity index (χ3v) is 5.13. The minimum absolute atomic E-state index is 0.215. The number of likely N-dealkylation sites (tertiary alicyclic amines) is 1. The summed E-state index contributed by atoms with van der Waals surface area (Å²) in [7, 11) is 0. The molecule has 3 nitrogen and oxygen atoms in total. The summed E-state index contributed by atoms with van der Waals surface area (Å²) in [5.74, 6) is 3.51. The van der Waals surface area contributed by atoms with Crippen LogP contribution in [0.15, 0.2) is 0 Å². The van der Waals surface area contributed by atoms with Crippen LogP contribution in [-0.2, 0) is 4.79 Å².